The van der Waals surface area contributed by atoms with Gasteiger partial charge in [0, 0.05) is 18.2 Å². The van der Waals surface area contributed by atoms with Crippen molar-refractivity contribution in [1.29, 1.82) is 0 Å². The van der Waals surface area contributed by atoms with E-state index in [0.29, 0.717) is 12.1 Å². The molecule has 0 bridgehead atoms. The van der Waals surface area contributed by atoms with Crippen LogP contribution in [-0.2, 0) is 11.2 Å². The van der Waals surface area contributed by atoms with E-state index < -0.39 is 5.97 Å². The second-order valence-corrected chi connectivity index (χ2v) is 5.34. The van der Waals surface area contributed by atoms with E-state index >= 15 is 0 Å². The average Bonchev–Trinajstić information content (AvgIpc) is 2.86. The summed E-state index contributed by atoms with van der Waals surface area (Å²) in [5.74, 6) is -0.884. The molecular weight excluding hydrogens is 254 g/mol. The van der Waals surface area contributed by atoms with E-state index in [9.17, 15) is 9.59 Å². The molecule has 1 amide bonds. The molecule has 1 unspecified atom stereocenters. The van der Waals surface area contributed by atoms with Crippen molar-refractivity contribution in [3.63, 3.8) is 0 Å². The largest absolute Gasteiger partial charge is 0.481 e. The number of carboxylic acids is 1. The Balaban J connectivity index is 2.07. The Bertz CT molecular complexity index is 481. The fraction of sp³-hybridized carbons (Fsp3) is 0.500. The number of aryl methyl sites for hydroxylation is 1. The Kier molecular flexibility index (Phi) is 4.77. The van der Waals surface area contributed by atoms with Gasteiger partial charge in [-0.3, -0.25) is 9.59 Å². The first-order valence-corrected chi connectivity index (χ1v) is 7.23. The van der Waals surface area contributed by atoms with Gasteiger partial charge in [0.25, 0.3) is 5.91 Å². The number of aliphatic carboxylic acids is 1. The molecule has 1 N–H and O–H groups in total. The summed E-state index contributed by atoms with van der Waals surface area (Å²) in [6.45, 7) is 2.79. The van der Waals surface area contributed by atoms with Crippen LogP contribution in [0.3, 0.4) is 0 Å². The van der Waals surface area contributed by atoms with Crippen LogP contribution >= 0.6 is 0 Å². The highest BCUT2D eigenvalue weighted by Crippen LogP contribution is 2.22. The van der Waals surface area contributed by atoms with Gasteiger partial charge in [-0.2, -0.15) is 0 Å². The van der Waals surface area contributed by atoms with Crippen molar-refractivity contribution in [1.82, 2.24) is 4.90 Å². The molecule has 108 valence electrons. The van der Waals surface area contributed by atoms with Crippen LogP contribution in [0.2, 0.25) is 0 Å². The first kappa shape index (κ1) is 14.6. The molecule has 20 heavy (non-hydrogen) atoms. The maximum absolute atomic E-state index is 12.4. The lowest BCUT2D eigenvalue weighted by Gasteiger charge is -2.23. The highest BCUT2D eigenvalue weighted by molar-refractivity contribution is 5.94. The van der Waals surface area contributed by atoms with E-state index in [1.807, 2.05) is 24.3 Å². The van der Waals surface area contributed by atoms with Crippen molar-refractivity contribution in [2.24, 2.45) is 0 Å². The summed E-state index contributed by atoms with van der Waals surface area (Å²) in [7, 11) is 0. The predicted molar refractivity (Wildman–Crippen MR) is 76.7 cm³/mol. The Hall–Kier alpha value is -1.84. The molecule has 0 saturated carbocycles. The summed E-state index contributed by atoms with van der Waals surface area (Å²) in [6, 6.07) is 7.51. The summed E-state index contributed by atoms with van der Waals surface area (Å²) in [6.07, 6.45) is 3.81. The molecule has 4 nitrogen and oxygen atoms in total. The fourth-order valence-electron chi connectivity index (χ4n) is 2.79. The summed E-state index contributed by atoms with van der Waals surface area (Å²) < 4.78 is 0. The second-order valence-electron chi connectivity index (χ2n) is 5.34. The van der Waals surface area contributed by atoms with Gasteiger partial charge in [0.2, 0.25) is 0 Å². The van der Waals surface area contributed by atoms with Gasteiger partial charge in [-0.1, -0.05) is 25.5 Å². The topological polar surface area (TPSA) is 57.6 Å². The first-order chi connectivity index (χ1) is 9.61. The normalized spacial score (nSPS) is 18.2. The Morgan fingerprint density at radius 3 is 2.60 bits per heavy atom. The van der Waals surface area contributed by atoms with Crippen LogP contribution in [0, 0.1) is 0 Å². The van der Waals surface area contributed by atoms with Gasteiger partial charge in [-0.15, -0.1) is 0 Å². The van der Waals surface area contributed by atoms with Crippen molar-refractivity contribution >= 4 is 11.9 Å². The molecule has 1 aromatic carbocycles. The van der Waals surface area contributed by atoms with E-state index in [4.69, 9.17) is 5.11 Å². The lowest BCUT2D eigenvalue weighted by molar-refractivity contribution is -0.137. The lowest BCUT2D eigenvalue weighted by Crippen LogP contribution is -2.36. The maximum Gasteiger partial charge on any atom is 0.305 e. The smallest absolute Gasteiger partial charge is 0.305 e. The van der Waals surface area contributed by atoms with E-state index in [0.717, 1.165) is 25.7 Å². The zero-order valence-corrected chi connectivity index (χ0v) is 11.8. The van der Waals surface area contributed by atoms with Crippen LogP contribution in [0.25, 0.3) is 0 Å². The predicted octanol–water partition coefficient (Wildman–Crippen LogP) is 2.72. The number of likely N-dealkylation sites (tertiary alicyclic amines) is 1. The Labute approximate surface area is 119 Å². The van der Waals surface area contributed by atoms with Crippen LogP contribution in [0.5, 0.6) is 0 Å². The monoisotopic (exact) mass is 275 g/mol. The molecule has 1 saturated heterocycles. The summed E-state index contributed by atoms with van der Waals surface area (Å²) >= 11 is 0. The minimum atomic E-state index is -0.840. The molecule has 1 atom stereocenters. The lowest BCUT2D eigenvalue weighted by atomic mass is 10.1. The van der Waals surface area contributed by atoms with Gasteiger partial charge in [0.15, 0.2) is 0 Å². The molecule has 0 radical (unpaired) electrons. The Morgan fingerprint density at radius 2 is 2.00 bits per heavy atom. The number of rotatable bonds is 5. The number of carboxylic acid groups (broad SMARTS) is 1. The van der Waals surface area contributed by atoms with Gasteiger partial charge in [-0.25, -0.2) is 0 Å². The molecule has 1 aliphatic rings. The third kappa shape index (κ3) is 3.38. The SMILES string of the molecule is CCCc1ccc(C(=O)N2CCCC2CC(=O)O)cc1. The number of hydrogen-bond acceptors (Lipinski definition) is 2. The van der Waals surface area contributed by atoms with Crippen LogP contribution in [0.4, 0.5) is 0 Å². The van der Waals surface area contributed by atoms with E-state index in [-0.39, 0.29) is 18.4 Å². The van der Waals surface area contributed by atoms with Crippen molar-refractivity contribution in [3.05, 3.63) is 35.4 Å². The van der Waals surface area contributed by atoms with E-state index in [2.05, 4.69) is 6.92 Å². The number of carbonyl (C=O) groups is 2. The number of benzene rings is 1. The number of carbonyl (C=O) groups excluding carboxylic acids is 1. The zero-order chi connectivity index (χ0) is 14.5. The zero-order valence-electron chi connectivity index (χ0n) is 11.8. The highest BCUT2D eigenvalue weighted by Gasteiger charge is 2.30. The minimum absolute atomic E-state index is 0.0413. The number of hydrogen-bond donors (Lipinski definition) is 1. The van der Waals surface area contributed by atoms with E-state index in [1.54, 1.807) is 4.90 Å². The Morgan fingerprint density at radius 1 is 1.30 bits per heavy atom. The summed E-state index contributed by atoms with van der Waals surface area (Å²) in [4.78, 5) is 25.0. The molecule has 0 aromatic heterocycles. The van der Waals surface area contributed by atoms with Crippen LogP contribution in [-0.4, -0.2) is 34.5 Å². The van der Waals surface area contributed by atoms with Gasteiger partial charge < -0.3 is 10.0 Å². The molecule has 0 spiro atoms. The van der Waals surface area contributed by atoms with Gasteiger partial charge in [0.1, 0.15) is 0 Å². The van der Waals surface area contributed by atoms with Crippen LogP contribution < -0.4 is 0 Å². The second kappa shape index (κ2) is 6.55. The standard InChI is InChI=1S/C16H21NO3/c1-2-4-12-6-8-13(9-7-12)16(20)17-10-3-5-14(17)11-15(18)19/h6-9,14H,2-5,10-11H2,1H3,(H,18,19). The van der Waals surface area contributed by atoms with Gasteiger partial charge >= 0.3 is 5.97 Å². The maximum atomic E-state index is 12.4. The number of amides is 1. The van der Waals surface area contributed by atoms with Crippen LogP contribution in [0.1, 0.15) is 48.5 Å². The molecular formula is C16H21NO3. The summed E-state index contributed by atoms with van der Waals surface area (Å²) in [5.41, 5.74) is 1.88. The molecule has 1 aliphatic heterocycles. The van der Waals surface area contributed by atoms with Gasteiger partial charge in [-0.05, 0) is 37.0 Å². The number of nitrogens with zero attached hydrogens (tertiary/aromatic N) is 1. The molecule has 0 aliphatic carbocycles. The third-order valence-electron chi connectivity index (χ3n) is 3.79. The van der Waals surface area contributed by atoms with E-state index in [1.165, 1.54) is 5.56 Å². The molecule has 1 aromatic rings. The molecule has 1 heterocycles. The fourth-order valence-corrected chi connectivity index (χ4v) is 2.79. The molecule has 4 heteroatoms. The van der Waals surface area contributed by atoms with Crippen LogP contribution in [0.15, 0.2) is 24.3 Å². The highest BCUT2D eigenvalue weighted by atomic mass is 16.4. The van der Waals surface area contributed by atoms with Crippen molar-refractivity contribution < 1.29 is 14.7 Å². The van der Waals surface area contributed by atoms with Crippen molar-refractivity contribution in [3.8, 4) is 0 Å². The molecule has 1 fully saturated rings. The van der Waals surface area contributed by atoms with Crippen molar-refractivity contribution in [2.45, 2.75) is 45.1 Å². The average molecular weight is 275 g/mol. The first-order valence-electron chi connectivity index (χ1n) is 7.23. The van der Waals surface area contributed by atoms with Gasteiger partial charge in [0.05, 0.1) is 6.42 Å². The van der Waals surface area contributed by atoms with Crippen molar-refractivity contribution in [2.75, 3.05) is 6.54 Å². The molecule has 2 rings (SSSR count). The quantitative estimate of drug-likeness (QED) is 0.899. The minimum Gasteiger partial charge on any atom is -0.481 e. The third-order valence-corrected chi connectivity index (χ3v) is 3.79. The summed E-state index contributed by atoms with van der Waals surface area (Å²) in [5, 5.41) is 8.90.